The van der Waals surface area contributed by atoms with Gasteiger partial charge in [-0.2, -0.15) is 0 Å². The van der Waals surface area contributed by atoms with Gasteiger partial charge in [0.25, 0.3) is 0 Å². The molecule has 616 valence electrons. The molecule has 22 aromatic carbocycles. The Morgan fingerprint density at radius 2 is 0.580 bits per heavy atom. The van der Waals surface area contributed by atoms with E-state index in [1.165, 1.54) is 198 Å². The predicted molar refractivity (Wildman–Crippen MR) is 552 cm³/mol. The summed E-state index contributed by atoms with van der Waals surface area (Å²) in [5.74, 6) is 0. The van der Waals surface area contributed by atoms with Crippen LogP contribution in [0.25, 0.3) is 143 Å². The first-order valence-electron chi connectivity index (χ1n) is 45.2. The summed E-state index contributed by atoms with van der Waals surface area (Å²) in [6.07, 6.45) is 0.907. The van der Waals surface area contributed by atoms with Crippen molar-refractivity contribution >= 4 is 115 Å². The summed E-state index contributed by atoms with van der Waals surface area (Å²) in [4.78, 5) is 2.45. The van der Waals surface area contributed by atoms with Crippen LogP contribution in [0.4, 0.5) is 17.1 Å². The number of hydrogen-bond donors (Lipinski definition) is 0. The van der Waals surface area contributed by atoms with Crippen LogP contribution in [0.5, 0.6) is 0 Å². The molecule has 2 aliphatic carbocycles. The topological polar surface area (TPSA) is 13.1 Å². The van der Waals surface area contributed by atoms with Gasteiger partial charge in [-0.25, -0.2) is 0 Å². The average molecular weight is 1690 g/mol. The van der Waals surface area contributed by atoms with Gasteiger partial charge in [0.1, 0.15) is 0 Å². The highest BCUT2D eigenvalue weighted by Crippen LogP contribution is 2.59. The molecule has 0 atom stereocenters. The molecule has 0 saturated heterocycles. The number of halogens is 1. The normalized spacial score (nSPS) is 12.6. The molecule has 0 saturated carbocycles. The second kappa shape index (κ2) is 32.8. The van der Waals surface area contributed by atoms with E-state index in [2.05, 4.69) is 511 Å². The molecule has 131 heavy (non-hydrogen) atoms. The fraction of sp³-hybridized carbons (Fsp3) is 0.0236. The van der Waals surface area contributed by atoms with E-state index in [0.29, 0.717) is 0 Å². The van der Waals surface area contributed by atoms with Gasteiger partial charge < -0.3 is 14.0 Å². The molecule has 2 aromatic heterocycles. The number of aromatic nitrogens is 2. The lowest BCUT2D eigenvalue weighted by molar-refractivity contribution is 0.767. The fourth-order valence-electron chi connectivity index (χ4n) is 21.6. The molecule has 0 amide bonds. The van der Waals surface area contributed by atoms with Crippen molar-refractivity contribution in [1.82, 2.24) is 9.13 Å². The van der Waals surface area contributed by atoms with Crippen molar-refractivity contribution in [3.63, 3.8) is 0 Å². The standard InChI is InChI=1S/C63H42N2.C36H26.C28H18ClN/c1-3-20-48(21-4-1)63(49-22-5-2-6-23-49)58-27-13-11-25-54(58)55-38-37-52(42-59(55)63)64(60-29-15-19-45-17-9-10-24-53(45)60)50-34-30-44(31-35-50)47-33-39-62-57(41-47)56-26-12-14-28-61(56)65(62)51-36-32-43-16-7-8-18-46(43)40-51;1-3-15-29(16-4-1)36(30-17-5-2-6-18-30)34-21-10-9-20-32(34)33-23-22-26(25-35(33)36)24-28-14-11-13-27-12-7-8-19-31(27)28;29-23-13-9-20(10-14-23)22-12-16-28-26(18-22)25-7-3-4-8-27(25)30(28)24-15-11-19-5-1-2-6-21(19)17-24/h1-42H;1-23,25H,24H2;1-18H. The minimum Gasteiger partial charge on any atom is -0.310 e. The number of rotatable bonds is 13. The van der Waals surface area contributed by atoms with Gasteiger partial charge >= 0.3 is 0 Å². The van der Waals surface area contributed by atoms with Crippen LogP contribution >= 0.6 is 11.6 Å². The monoisotopic (exact) mass is 1690 g/mol. The van der Waals surface area contributed by atoms with Gasteiger partial charge in [-0.3, -0.25) is 0 Å². The molecule has 0 bridgehead atoms. The number of fused-ring (bicyclic) bond motifs is 16. The number of nitrogens with zero attached hydrogens (tertiary/aromatic N) is 3. The maximum Gasteiger partial charge on any atom is 0.0714 e. The van der Waals surface area contributed by atoms with E-state index in [-0.39, 0.29) is 5.41 Å². The fourth-order valence-corrected chi connectivity index (χ4v) is 21.7. The summed E-state index contributed by atoms with van der Waals surface area (Å²) in [5, 5.41) is 15.8. The SMILES string of the molecule is Clc1ccc(-c2ccc3c(c2)c2ccccc2n3-c2ccc3ccccc3c2)cc1.c1ccc(C2(c3ccccc3)c3ccccc3-c3ccc(Cc4cccc5ccccc45)cc32)cc1.c1ccc(C2(c3ccccc3)c3ccccc3-c3ccc(N(c4ccc(-c5ccc6c(c5)c5ccccc5n6-c5ccc6ccccc6c5)cc4)c4cccc5ccccc45)cc32)cc1. The van der Waals surface area contributed by atoms with Crippen molar-refractivity contribution in [1.29, 1.82) is 0 Å². The Bertz CT molecular complexity index is 8410. The zero-order valence-electron chi connectivity index (χ0n) is 71.9. The third-order valence-electron chi connectivity index (χ3n) is 27.5. The molecule has 2 aliphatic rings. The van der Waals surface area contributed by atoms with Crippen molar-refractivity contribution in [2.75, 3.05) is 4.90 Å². The number of benzene rings is 22. The van der Waals surface area contributed by atoms with E-state index in [0.717, 1.165) is 28.5 Å². The second-order valence-corrected chi connectivity index (χ2v) is 35.0. The van der Waals surface area contributed by atoms with Crippen molar-refractivity contribution in [3.8, 4) is 55.9 Å². The highest BCUT2D eigenvalue weighted by atomic mass is 35.5. The quantitative estimate of drug-likeness (QED) is 0.112. The number of anilines is 3. The molecule has 26 rings (SSSR count). The lowest BCUT2D eigenvalue weighted by atomic mass is 9.67. The van der Waals surface area contributed by atoms with Crippen LogP contribution in [0.3, 0.4) is 0 Å². The number of hydrogen-bond acceptors (Lipinski definition) is 1. The van der Waals surface area contributed by atoms with Crippen LogP contribution in [-0.4, -0.2) is 9.13 Å². The van der Waals surface area contributed by atoms with Crippen LogP contribution in [0.15, 0.2) is 510 Å². The van der Waals surface area contributed by atoms with Gasteiger partial charge in [-0.15, -0.1) is 0 Å². The lowest BCUT2D eigenvalue weighted by Gasteiger charge is -2.35. The van der Waals surface area contributed by atoms with Gasteiger partial charge in [0.15, 0.2) is 0 Å². The Kier molecular flexibility index (Phi) is 19.5. The van der Waals surface area contributed by atoms with Gasteiger partial charge in [0, 0.05) is 54.7 Å². The first-order valence-corrected chi connectivity index (χ1v) is 45.6. The highest BCUT2D eigenvalue weighted by molar-refractivity contribution is 6.30. The Labute approximate surface area is 767 Å². The molecule has 0 spiro atoms. The van der Waals surface area contributed by atoms with E-state index < -0.39 is 5.41 Å². The van der Waals surface area contributed by atoms with E-state index in [9.17, 15) is 0 Å². The van der Waals surface area contributed by atoms with E-state index in [1.54, 1.807) is 0 Å². The molecule has 0 radical (unpaired) electrons. The zero-order valence-corrected chi connectivity index (χ0v) is 72.7. The van der Waals surface area contributed by atoms with Crippen LogP contribution in [0.1, 0.15) is 55.6 Å². The average Bonchev–Trinajstić information content (AvgIpc) is 1.54. The first-order chi connectivity index (χ1) is 64.9. The van der Waals surface area contributed by atoms with Crippen molar-refractivity contribution in [2.45, 2.75) is 17.3 Å². The molecule has 4 heteroatoms. The third kappa shape index (κ3) is 13.3. The summed E-state index contributed by atoms with van der Waals surface area (Å²) in [5.41, 5.74) is 32.8. The molecule has 0 unspecified atom stereocenters. The molecule has 0 fully saturated rings. The molecular formula is C127H86ClN3. The summed E-state index contributed by atoms with van der Waals surface area (Å²) >= 11 is 6.08. The van der Waals surface area contributed by atoms with Gasteiger partial charge in [0.2, 0.25) is 0 Å². The predicted octanol–water partition coefficient (Wildman–Crippen LogP) is 33.6. The molecule has 2 heterocycles. The Balaban J connectivity index is 0.000000120. The Morgan fingerprint density at radius 1 is 0.214 bits per heavy atom. The van der Waals surface area contributed by atoms with Crippen LogP contribution < -0.4 is 4.90 Å². The lowest BCUT2D eigenvalue weighted by Crippen LogP contribution is -2.28. The summed E-state index contributed by atoms with van der Waals surface area (Å²) in [7, 11) is 0. The van der Waals surface area contributed by atoms with Gasteiger partial charge in [-0.05, 0) is 247 Å². The van der Waals surface area contributed by atoms with Crippen LogP contribution in [0, 0.1) is 0 Å². The van der Waals surface area contributed by atoms with Crippen molar-refractivity contribution in [3.05, 3.63) is 570 Å². The highest BCUT2D eigenvalue weighted by Gasteiger charge is 2.48. The minimum absolute atomic E-state index is 0.344. The molecular weight excluding hydrogens is 1600 g/mol. The first kappa shape index (κ1) is 78.1. The van der Waals surface area contributed by atoms with E-state index in [1.807, 2.05) is 12.1 Å². The van der Waals surface area contributed by atoms with Gasteiger partial charge in [-0.1, -0.05) is 418 Å². The Morgan fingerprint density at radius 3 is 1.09 bits per heavy atom. The van der Waals surface area contributed by atoms with E-state index in [4.69, 9.17) is 11.6 Å². The van der Waals surface area contributed by atoms with E-state index >= 15 is 0 Å². The smallest absolute Gasteiger partial charge is 0.0714 e. The molecule has 24 aromatic rings. The second-order valence-electron chi connectivity index (χ2n) is 34.6. The van der Waals surface area contributed by atoms with Crippen LogP contribution in [0.2, 0.25) is 5.02 Å². The molecule has 3 nitrogen and oxygen atoms in total. The maximum atomic E-state index is 6.08. The molecule has 0 N–H and O–H groups in total. The minimum atomic E-state index is -0.505. The maximum absolute atomic E-state index is 6.08. The Hall–Kier alpha value is -16.4. The largest absolute Gasteiger partial charge is 0.310 e. The third-order valence-corrected chi connectivity index (χ3v) is 27.7. The summed E-state index contributed by atoms with van der Waals surface area (Å²) in [6, 6.07) is 186. The van der Waals surface area contributed by atoms with Crippen LogP contribution in [-0.2, 0) is 17.3 Å². The molecule has 0 aliphatic heterocycles. The summed E-state index contributed by atoms with van der Waals surface area (Å²) in [6.45, 7) is 0. The zero-order chi connectivity index (χ0) is 86.9. The van der Waals surface area contributed by atoms with Gasteiger partial charge in [0.05, 0.1) is 38.6 Å². The summed E-state index contributed by atoms with van der Waals surface area (Å²) < 4.78 is 4.77. The van der Waals surface area contributed by atoms with Crippen molar-refractivity contribution in [2.24, 2.45) is 0 Å². The van der Waals surface area contributed by atoms with Crippen molar-refractivity contribution < 1.29 is 0 Å². The number of para-hydroxylation sites is 2.